The summed E-state index contributed by atoms with van der Waals surface area (Å²) >= 11 is 1.59. The van der Waals surface area contributed by atoms with Crippen LogP contribution in [0.5, 0.6) is 0 Å². The van der Waals surface area contributed by atoms with Crippen LogP contribution in [0.25, 0.3) is 10.2 Å². The van der Waals surface area contributed by atoms with E-state index in [2.05, 4.69) is 31.2 Å². The molecular formula is C27H36N6O2S. The first-order chi connectivity index (χ1) is 17.4. The van der Waals surface area contributed by atoms with Crippen molar-refractivity contribution in [1.29, 1.82) is 0 Å². The van der Waals surface area contributed by atoms with Crippen LogP contribution in [-0.4, -0.2) is 41.4 Å². The Balaban J connectivity index is 1.40. The Hall–Kier alpha value is -3.20. The summed E-state index contributed by atoms with van der Waals surface area (Å²) in [5.74, 6) is 0.628. The standard InChI is InChI=1S/C27H36N6O2S/c1-18(2)32-22-15-24(33-19-8-9-21-23(14-19)36-17-31-21)30-16-20(22)25(34)29-13-7-12-27(26(35)28-3)10-5-4-6-11-27/h8-9,14-18H,4-7,10-13H2,1-3H3,(H,28,35)(H,29,34)(H2,30,32,33). The fraction of sp³-hybridized carbons (Fsp3) is 0.481. The van der Waals surface area contributed by atoms with Gasteiger partial charge in [-0.05, 0) is 57.7 Å². The molecule has 0 unspecified atom stereocenters. The zero-order valence-electron chi connectivity index (χ0n) is 21.3. The second-order valence-electron chi connectivity index (χ2n) is 9.85. The fourth-order valence-electron chi connectivity index (χ4n) is 5.02. The minimum absolute atomic E-state index is 0.138. The van der Waals surface area contributed by atoms with Crippen LogP contribution in [0.1, 0.15) is 69.2 Å². The maximum Gasteiger partial charge on any atom is 0.254 e. The first-order valence-corrected chi connectivity index (χ1v) is 13.7. The number of fused-ring (bicyclic) bond motifs is 1. The Morgan fingerprint density at radius 1 is 1.11 bits per heavy atom. The number of aromatic nitrogens is 2. The molecule has 0 bridgehead atoms. The Morgan fingerprint density at radius 3 is 2.67 bits per heavy atom. The number of carbonyl (C=O) groups is 2. The van der Waals surface area contributed by atoms with Crippen molar-refractivity contribution in [2.75, 3.05) is 24.2 Å². The lowest BCUT2D eigenvalue weighted by Gasteiger charge is -2.35. The van der Waals surface area contributed by atoms with Crippen LogP contribution in [0.2, 0.25) is 0 Å². The van der Waals surface area contributed by atoms with Crippen molar-refractivity contribution in [1.82, 2.24) is 20.6 Å². The summed E-state index contributed by atoms with van der Waals surface area (Å²) in [4.78, 5) is 34.5. The van der Waals surface area contributed by atoms with Crippen molar-refractivity contribution in [2.24, 2.45) is 5.41 Å². The van der Waals surface area contributed by atoms with Gasteiger partial charge in [-0.1, -0.05) is 19.3 Å². The average Bonchev–Trinajstić information content (AvgIpc) is 3.34. The van der Waals surface area contributed by atoms with Crippen molar-refractivity contribution in [3.8, 4) is 0 Å². The Kier molecular flexibility index (Phi) is 8.40. The highest BCUT2D eigenvalue weighted by Gasteiger charge is 2.38. The fourth-order valence-corrected chi connectivity index (χ4v) is 5.74. The van der Waals surface area contributed by atoms with Gasteiger partial charge in [-0.2, -0.15) is 0 Å². The molecule has 4 rings (SSSR count). The number of rotatable bonds is 10. The van der Waals surface area contributed by atoms with E-state index < -0.39 is 0 Å². The zero-order chi connectivity index (χ0) is 25.5. The predicted octanol–water partition coefficient (Wildman–Crippen LogP) is 5.46. The van der Waals surface area contributed by atoms with Gasteiger partial charge < -0.3 is 21.3 Å². The van der Waals surface area contributed by atoms with E-state index in [4.69, 9.17) is 0 Å². The van der Waals surface area contributed by atoms with Gasteiger partial charge in [-0.25, -0.2) is 9.97 Å². The molecule has 3 aromatic rings. The molecule has 0 radical (unpaired) electrons. The van der Waals surface area contributed by atoms with Gasteiger partial charge in [0.15, 0.2) is 0 Å². The van der Waals surface area contributed by atoms with Gasteiger partial charge in [0.25, 0.3) is 5.91 Å². The topological polar surface area (TPSA) is 108 Å². The Morgan fingerprint density at radius 2 is 1.92 bits per heavy atom. The quantitative estimate of drug-likeness (QED) is 0.271. The first-order valence-electron chi connectivity index (χ1n) is 12.8. The molecule has 192 valence electrons. The Bertz CT molecular complexity index is 1200. The smallest absolute Gasteiger partial charge is 0.254 e. The number of hydrogen-bond acceptors (Lipinski definition) is 7. The minimum Gasteiger partial charge on any atom is -0.382 e. The summed E-state index contributed by atoms with van der Waals surface area (Å²) in [6.07, 6.45) is 8.39. The van der Waals surface area contributed by atoms with E-state index in [0.717, 1.165) is 60.1 Å². The third kappa shape index (κ3) is 6.13. The van der Waals surface area contributed by atoms with Gasteiger partial charge in [-0.3, -0.25) is 9.59 Å². The van der Waals surface area contributed by atoms with Crippen LogP contribution in [0, 0.1) is 5.41 Å². The van der Waals surface area contributed by atoms with E-state index in [1.54, 1.807) is 24.6 Å². The van der Waals surface area contributed by atoms with Gasteiger partial charge in [0.05, 0.1) is 27.0 Å². The molecule has 2 amide bonds. The van der Waals surface area contributed by atoms with Gasteiger partial charge >= 0.3 is 0 Å². The molecule has 0 spiro atoms. The largest absolute Gasteiger partial charge is 0.382 e. The highest BCUT2D eigenvalue weighted by atomic mass is 32.1. The SMILES string of the molecule is CNC(=O)C1(CCCNC(=O)c2cnc(Nc3ccc4ncsc4c3)cc2NC(C)C)CCCCC1. The van der Waals surface area contributed by atoms with E-state index in [0.29, 0.717) is 17.9 Å². The van der Waals surface area contributed by atoms with Gasteiger partial charge in [0.2, 0.25) is 5.91 Å². The van der Waals surface area contributed by atoms with Crippen molar-refractivity contribution < 1.29 is 9.59 Å². The molecule has 36 heavy (non-hydrogen) atoms. The number of carbonyl (C=O) groups excluding carboxylic acids is 2. The van der Waals surface area contributed by atoms with Gasteiger partial charge in [-0.15, -0.1) is 11.3 Å². The van der Waals surface area contributed by atoms with E-state index in [-0.39, 0.29) is 23.3 Å². The lowest BCUT2D eigenvalue weighted by molar-refractivity contribution is -0.133. The number of thiazole rings is 1. The number of amides is 2. The van der Waals surface area contributed by atoms with Gasteiger partial charge in [0, 0.05) is 43.0 Å². The zero-order valence-corrected chi connectivity index (χ0v) is 22.1. The molecule has 2 aromatic heterocycles. The summed E-state index contributed by atoms with van der Waals surface area (Å²) in [6.45, 7) is 4.60. The van der Waals surface area contributed by atoms with E-state index in [1.807, 2.05) is 43.6 Å². The van der Waals surface area contributed by atoms with Crippen molar-refractivity contribution >= 4 is 50.6 Å². The average molecular weight is 509 g/mol. The lowest BCUT2D eigenvalue weighted by atomic mass is 9.70. The van der Waals surface area contributed by atoms with Crippen molar-refractivity contribution in [3.63, 3.8) is 0 Å². The van der Waals surface area contributed by atoms with E-state index >= 15 is 0 Å². The maximum absolute atomic E-state index is 13.1. The van der Waals surface area contributed by atoms with Crippen LogP contribution < -0.4 is 21.3 Å². The second-order valence-corrected chi connectivity index (χ2v) is 10.7. The maximum atomic E-state index is 13.1. The molecule has 0 atom stereocenters. The third-order valence-electron chi connectivity index (χ3n) is 6.83. The molecule has 1 aliphatic carbocycles. The molecule has 9 heteroatoms. The van der Waals surface area contributed by atoms with Crippen LogP contribution in [0.15, 0.2) is 36.0 Å². The minimum atomic E-state index is -0.293. The van der Waals surface area contributed by atoms with Crippen molar-refractivity contribution in [2.45, 2.75) is 64.8 Å². The molecule has 4 N–H and O–H groups in total. The number of nitrogens with zero attached hydrogens (tertiary/aromatic N) is 2. The second kappa shape index (κ2) is 11.7. The summed E-state index contributed by atoms with van der Waals surface area (Å²) in [5.41, 5.74) is 4.66. The molecule has 8 nitrogen and oxygen atoms in total. The summed E-state index contributed by atoms with van der Waals surface area (Å²) in [6, 6.07) is 8.01. The Labute approximate surface area is 216 Å². The van der Waals surface area contributed by atoms with E-state index in [9.17, 15) is 9.59 Å². The van der Waals surface area contributed by atoms with Crippen LogP contribution in [-0.2, 0) is 4.79 Å². The number of hydrogen-bond donors (Lipinski definition) is 4. The third-order valence-corrected chi connectivity index (χ3v) is 7.63. The molecule has 1 saturated carbocycles. The number of benzene rings is 1. The molecule has 0 saturated heterocycles. The number of pyridine rings is 1. The molecule has 0 aliphatic heterocycles. The van der Waals surface area contributed by atoms with Crippen LogP contribution in [0.4, 0.5) is 17.2 Å². The summed E-state index contributed by atoms with van der Waals surface area (Å²) < 4.78 is 1.10. The number of anilines is 3. The summed E-state index contributed by atoms with van der Waals surface area (Å²) in [7, 11) is 1.72. The normalized spacial score (nSPS) is 15.0. The first kappa shape index (κ1) is 25.9. The number of nitrogens with one attached hydrogen (secondary N) is 4. The molecule has 2 heterocycles. The molecule has 1 aromatic carbocycles. The highest BCUT2D eigenvalue weighted by Crippen LogP contribution is 2.40. The van der Waals surface area contributed by atoms with Crippen LogP contribution >= 0.6 is 11.3 Å². The molecule has 1 fully saturated rings. The monoisotopic (exact) mass is 508 g/mol. The molecular weight excluding hydrogens is 472 g/mol. The van der Waals surface area contributed by atoms with Crippen molar-refractivity contribution in [3.05, 3.63) is 41.5 Å². The van der Waals surface area contributed by atoms with E-state index in [1.165, 1.54) is 6.42 Å². The van der Waals surface area contributed by atoms with Crippen LogP contribution in [0.3, 0.4) is 0 Å². The molecule has 1 aliphatic rings. The predicted molar refractivity (Wildman–Crippen MR) is 147 cm³/mol. The van der Waals surface area contributed by atoms with Gasteiger partial charge in [0.1, 0.15) is 5.82 Å². The summed E-state index contributed by atoms with van der Waals surface area (Å²) in [5, 5.41) is 12.6. The highest BCUT2D eigenvalue weighted by molar-refractivity contribution is 7.16. The lowest BCUT2D eigenvalue weighted by Crippen LogP contribution is -2.41.